The van der Waals surface area contributed by atoms with E-state index in [0.29, 0.717) is 0 Å². The standard InChI is InChI=1S/C9H10BrN3O4/c1-6(14)17-5-3-2-4-13-9(16)11-8(15)7(10)12-13/h2-3H,4-5H2,1H3,(H,11,15,16). The van der Waals surface area contributed by atoms with E-state index >= 15 is 0 Å². The summed E-state index contributed by atoms with van der Waals surface area (Å²) in [5, 5.41) is 3.72. The van der Waals surface area contributed by atoms with Crippen molar-refractivity contribution in [1.29, 1.82) is 0 Å². The molecular weight excluding hydrogens is 294 g/mol. The minimum Gasteiger partial charge on any atom is -0.462 e. The van der Waals surface area contributed by atoms with Gasteiger partial charge in [-0.05, 0) is 22.0 Å². The Morgan fingerprint density at radius 2 is 2.24 bits per heavy atom. The highest BCUT2D eigenvalue weighted by molar-refractivity contribution is 9.10. The van der Waals surface area contributed by atoms with Crippen molar-refractivity contribution in [2.75, 3.05) is 6.61 Å². The number of aromatic nitrogens is 3. The molecule has 0 aromatic carbocycles. The Kier molecular flexibility index (Phi) is 4.83. The van der Waals surface area contributed by atoms with Gasteiger partial charge in [-0.15, -0.1) is 0 Å². The zero-order valence-electron chi connectivity index (χ0n) is 8.97. The van der Waals surface area contributed by atoms with E-state index in [1.165, 1.54) is 6.92 Å². The van der Waals surface area contributed by atoms with Crippen molar-refractivity contribution in [3.63, 3.8) is 0 Å². The number of nitrogens with one attached hydrogen (secondary N) is 1. The number of aromatic amines is 1. The molecule has 0 aliphatic heterocycles. The number of allylic oxidation sites excluding steroid dienone is 1. The number of carbonyl (C=O) groups is 1. The molecule has 1 aromatic rings. The number of ether oxygens (including phenoxy) is 1. The van der Waals surface area contributed by atoms with Gasteiger partial charge < -0.3 is 4.74 Å². The first kappa shape index (κ1) is 13.4. The van der Waals surface area contributed by atoms with Crippen molar-refractivity contribution < 1.29 is 9.53 Å². The Morgan fingerprint density at radius 3 is 2.88 bits per heavy atom. The van der Waals surface area contributed by atoms with Crippen LogP contribution in [0.25, 0.3) is 0 Å². The monoisotopic (exact) mass is 303 g/mol. The maximum Gasteiger partial charge on any atom is 0.345 e. The third-order valence-corrected chi connectivity index (χ3v) is 2.20. The molecular formula is C9H10BrN3O4. The second-order valence-corrected chi connectivity index (χ2v) is 3.76. The molecule has 0 aliphatic carbocycles. The van der Waals surface area contributed by atoms with Crippen LogP contribution in [0.5, 0.6) is 0 Å². The first-order chi connectivity index (χ1) is 8.00. The van der Waals surface area contributed by atoms with E-state index in [1.54, 1.807) is 12.2 Å². The van der Waals surface area contributed by atoms with Crippen molar-refractivity contribution in [2.45, 2.75) is 13.5 Å². The highest BCUT2D eigenvalue weighted by Crippen LogP contribution is 1.92. The average Bonchev–Trinajstić information content (AvgIpc) is 2.24. The van der Waals surface area contributed by atoms with E-state index in [4.69, 9.17) is 0 Å². The molecule has 0 radical (unpaired) electrons. The highest BCUT2D eigenvalue weighted by atomic mass is 79.9. The summed E-state index contributed by atoms with van der Waals surface area (Å²) in [7, 11) is 0. The van der Waals surface area contributed by atoms with Gasteiger partial charge in [-0.1, -0.05) is 6.08 Å². The molecule has 8 heteroatoms. The second-order valence-electron chi connectivity index (χ2n) is 3.01. The number of hydrogen-bond acceptors (Lipinski definition) is 5. The molecule has 1 N–H and O–H groups in total. The van der Waals surface area contributed by atoms with Gasteiger partial charge in [-0.25, -0.2) is 9.48 Å². The topological polar surface area (TPSA) is 94.1 Å². The van der Waals surface area contributed by atoms with Gasteiger partial charge in [0.2, 0.25) is 0 Å². The van der Waals surface area contributed by atoms with Crippen LogP contribution in [0.4, 0.5) is 0 Å². The molecule has 0 atom stereocenters. The predicted octanol–water partition coefficient (Wildman–Crippen LogP) is -0.187. The molecule has 0 unspecified atom stereocenters. The van der Waals surface area contributed by atoms with Crippen LogP contribution in [0.3, 0.4) is 0 Å². The van der Waals surface area contributed by atoms with Crippen LogP contribution < -0.4 is 11.2 Å². The van der Waals surface area contributed by atoms with Gasteiger partial charge in [0.25, 0.3) is 5.56 Å². The SMILES string of the molecule is CC(=O)OCC=CCn1nc(Br)c(=O)[nH]c1=O. The fourth-order valence-electron chi connectivity index (χ4n) is 0.942. The Morgan fingerprint density at radius 1 is 1.53 bits per heavy atom. The lowest BCUT2D eigenvalue weighted by Gasteiger charge is -1.99. The Bertz CT molecular complexity index is 546. The number of rotatable bonds is 4. The summed E-state index contributed by atoms with van der Waals surface area (Å²) in [6, 6.07) is 0. The number of nitrogens with zero attached hydrogens (tertiary/aromatic N) is 2. The summed E-state index contributed by atoms with van der Waals surface area (Å²) in [6.07, 6.45) is 3.18. The molecule has 1 rings (SSSR count). The molecule has 0 aliphatic rings. The summed E-state index contributed by atoms with van der Waals surface area (Å²) < 4.78 is 5.75. The van der Waals surface area contributed by atoms with E-state index in [0.717, 1.165) is 4.68 Å². The van der Waals surface area contributed by atoms with Gasteiger partial charge in [-0.3, -0.25) is 14.6 Å². The van der Waals surface area contributed by atoms with Gasteiger partial charge in [0.05, 0.1) is 6.54 Å². The first-order valence-electron chi connectivity index (χ1n) is 4.66. The zero-order chi connectivity index (χ0) is 12.8. The predicted molar refractivity (Wildman–Crippen MR) is 62.6 cm³/mol. The quantitative estimate of drug-likeness (QED) is 0.615. The normalized spacial score (nSPS) is 10.7. The number of esters is 1. The molecule has 7 nitrogen and oxygen atoms in total. The minimum atomic E-state index is -0.602. The Hall–Kier alpha value is -1.70. The van der Waals surface area contributed by atoms with Gasteiger partial charge in [-0.2, -0.15) is 5.10 Å². The summed E-state index contributed by atoms with van der Waals surface area (Å²) in [6.45, 7) is 1.61. The maximum atomic E-state index is 11.3. The fourth-order valence-corrected chi connectivity index (χ4v) is 1.23. The number of hydrogen-bond donors (Lipinski definition) is 1. The third kappa shape index (κ3) is 4.35. The van der Waals surface area contributed by atoms with Crippen molar-refractivity contribution in [2.24, 2.45) is 0 Å². The lowest BCUT2D eigenvalue weighted by Crippen LogP contribution is -2.32. The molecule has 0 fully saturated rings. The summed E-state index contributed by atoms with van der Waals surface area (Å²) in [5.41, 5.74) is -1.18. The van der Waals surface area contributed by atoms with Crippen molar-refractivity contribution >= 4 is 21.9 Å². The molecule has 17 heavy (non-hydrogen) atoms. The van der Waals surface area contributed by atoms with Gasteiger partial charge >= 0.3 is 11.7 Å². The van der Waals surface area contributed by atoms with Crippen LogP contribution in [0, 0.1) is 0 Å². The summed E-state index contributed by atoms with van der Waals surface area (Å²) >= 11 is 2.91. The summed E-state index contributed by atoms with van der Waals surface area (Å²) in [4.78, 5) is 34.8. The van der Waals surface area contributed by atoms with E-state index < -0.39 is 11.2 Å². The third-order valence-electron chi connectivity index (χ3n) is 1.68. The Labute approximate surface area is 104 Å². The molecule has 0 bridgehead atoms. The molecule has 1 heterocycles. The zero-order valence-corrected chi connectivity index (χ0v) is 10.6. The van der Waals surface area contributed by atoms with Crippen LogP contribution >= 0.6 is 15.9 Å². The van der Waals surface area contributed by atoms with E-state index in [-0.39, 0.29) is 23.7 Å². The van der Waals surface area contributed by atoms with Gasteiger partial charge in [0.15, 0.2) is 4.60 Å². The van der Waals surface area contributed by atoms with Crippen molar-refractivity contribution in [3.8, 4) is 0 Å². The number of halogens is 1. The lowest BCUT2D eigenvalue weighted by molar-refractivity contribution is -0.139. The maximum absolute atomic E-state index is 11.3. The van der Waals surface area contributed by atoms with Crippen LogP contribution in [-0.4, -0.2) is 27.3 Å². The molecule has 92 valence electrons. The Balaban J connectivity index is 2.64. The lowest BCUT2D eigenvalue weighted by atomic mass is 10.5. The molecule has 0 saturated carbocycles. The fraction of sp³-hybridized carbons (Fsp3) is 0.333. The average molecular weight is 304 g/mol. The van der Waals surface area contributed by atoms with E-state index in [1.807, 2.05) is 0 Å². The molecule has 0 amide bonds. The first-order valence-corrected chi connectivity index (χ1v) is 5.45. The van der Waals surface area contributed by atoms with Crippen LogP contribution in [-0.2, 0) is 16.1 Å². The molecule has 1 aromatic heterocycles. The second kappa shape index (κ2) is 6.14. The smallest absolute Gasteiger partial charge is 0.345 e. The van der Waals surface area contributed by atoms with Gasteiger partial charge in [0, 0.05) is 6.92 Å². The number of carbonyl (C=O) groups excluding carboxylic acids is 1. The van der Waals surface area contributed by atoms with Crippen molar-refractivity contribution in [3.05, 3.63) is 37.6 Å². The number of H-pyrrole nitrogens is 1. The van der Waals surface area contributed by atoms with Gasteiger partial charge in [0.1, 0.15) is 6.61 Å². The summed E-state index contributed by atoms with van der Waals surface area (Å²) in [5.74, 6) is -0.378. The van der Waals surface area contributed by atoms with Crippen LogP contribution in [0.2, 0.25) is 0 Å². The molecule has 0 saturated heterocycles. The largest absolute Gasteiger partial charge is 0.462 e. The minimum absolute atomic E-state index is 0.0329. The van der Waals surface area contributed by atoms with E-state index in [2.05, 4.69) is 30.7 Å². The molecule has 0 spiro atoms. The van der Waals surface area contributed by atoms with Crippen LogP contribution in [0.15, 0.2) is 26.3 Å². The van der Waals surface area contributed by atoms with Crippen molar-refractivity contribution in [1.82, 2.24) is 14.8 Å². The van der Waals surface area contributed by atoms with E-state index in [9.17, 15) is 14.4 Å². The highest BCUT2D eigenvalue weighted by Gasteiger charge is 2.01. The van der Waals surface area contributed by atoms with Crippen LogP contribution in [0.1, 0.15) is 6.92 Å².